The van der Waals surface area contributed by atoms with Gasteiger partial charge in [0.15, 0.2) is 0 Å². The highest BCUT2D eigenvalue weighted by atomic mass is 35.5. The normalized spacial score (nSPS) is 13.1. The van der Waals surface area contributed by atoms with Crippen LogP contribution in [0.1, 0.15) is 38.2 Å². The van der Waals surface area contributed by atoms with Gasteiger partial charge in [-0.2, -0.15) is 0 Å². The lowest BCUT2D eigenvalue weighted by atomic mass is 9.82. The van der Waals surface area contributed by atoms with Crippen molar-refractivity contribution in [1.29, 1.82) is 0 Å². The van der Waals surface area contributed by atoms with Crippen LogP contribution in [0.4, 0.5) is 4.39 Å². The summed E-state index contributed by atoms with van der Waals surface area (Å²) in [6.07, 6.45) is 2.01. The van der Waals surface area contributed by atoms with E-state index in [1.807, 2.05) is 0 Å². The Balaban J connectivity index is 3.07. The van der Waals surface area contributed by atoms with Gasteiger partial charge in [-0.1, -0.05) is 50.4 Å². The van der Waals surface area contributed by atoms with Crippen molar-refractivity contribution in [3.8, 4) is 0 Å². The van der Waals surface area contributed by atoms with Crippen molar-refractivity contribution in [3.05, 3.63) is 34.6 Å². The summed E-state index contributed by atoms with van der Waals surface area (Å²) in [6.45, 7) is 4.68. The molecule has 0 aliphatic heterocycles. The fourth-order valence-corrected chi connectivity index (χ4v) is 2.42. The molecule has 1 nitrogen and oxygen atoms in total. The average molecular weight is 244 g/mol. The molecule has 0 bridgehead atoms. The van der Waals surface area contributed by atoms with Crippen LogP contribution < -0.4 is 5.73 Å². The summed E-state index contributed by atoms with van der Waals surface area (Å²) < 4.78 is 13.9. The summed E-state index contributed by atoms with van der Waals surface area (Å²) in [5.74, 6) is 0.165. The quantitative estimate of drug-likeness (QED) is 0.833. The van der Waals surface area contributed by atoms with Gasteiger partial charge in [-0.05, 0) is 24.1 Å². The number of halogens is 2. The Labute approximate surface area is 102 Å². The molecule has 3 heteroatoms. The molecule has 1 atom stereocenters. The smallest absolute Gasteiger partial charge is 0.145 e. The predicted octanol–water partition coefficient (Wildman–Crippen LogP) is 3.96. The van der Waals surface area contributed by atoms with Gasteiger partial charge in [0.2, 0.25) is 0 Å². The van der Waals surface area contributed by atoms with Crippen molar-refractivity contribution in [2.75, 3.05) is 6.54 Å². The van der Waals surface area contributed by atoms with Crippen molar-refractivity contribution in [1.82, 2.24) is 0 Å². The lowest BCUT2D eigenvalue weighted by Gasteiger charge is -2.24. The van der Waals surface area contributed by atoms with Crippen LogP contribution in [-0.2, 0) is 0 Å². The van der Waals surface area contributed by atoms with Gasteiger partial charge < -0.3 is 5.73 Å². The van der Waals surface area contributed by atoms with Gasteiger partial charge in [-0.25, -0.2) is 4.39 Å². The molecule has 0 heterocycles. The van der Waals surface area contributed by atoms with Gasteiger partial charge in [0, 0.05) is 5.92 Å². The number of nitrogens with two attached hydrogens (primary N) is 1. The highest BCUT2D eigenvalue weighted by Crippen LogP contribution is 2.32. The maximum Gasteiger partial charge on any atom is 0.145 e. The van der Waals surface area contributed by atoms with Gasteiger partial charge in [0.25, 0.3) is 0 Å². The summed E-state index contributed by atoms with van der Waals surface area (Å²) in [4.78, 5) is 0. The molecule has 0 aromatic heterocycles. The van der Waals surface area contributed by atoms with Crippen molar-refractivity contribution >= 4 is 11.6 Å². The molecule has 1 aromatic rings. The van der Waals surface area contributed by atoms with E-state index in [9.17, 15) is 4.39 Å². The van der Waals surface area contributed by atoms with E-state index in [0.717, 1.165) is 12.8 Å². The Kier molecular flexibility index (Phi) is 5.23. The molecule has 2 N–H and O–H groups in total. The second-order valence-corrected chi connectivity index (χ2v) is 4.47. The fraction of sp³-hybridized carbons (Fsp3) is 0.538. The highest BCUT2D eigenvalue weighted by Gasteiger charge is 2.22. The monoisotopic (exact) mass is 243 g/mol. The van der Waals surface area contributed by atoms with Crippen LogP contribution in [-0.4, -0.2) is 6.54 Å². The van der Waals surface area contributed by atoms with E-state index in [1.54, 1.807) is 18.2 Å². The summed E-state index contributed by atoms with van der Waals surface area (Å²) in [7, 11) is 0. The minimum absolute atomic E-state index is 0.0636. The summed E-state index contributed by atoms with van der Waals surface area (Å²) >= 11 is 5.79. The Morgan fingerprint density at radius 1 is 1.31 bits per heavy atom. The lowest BCUT2D eigenvalue weighted by Crippen LogP contribution is -2.22. The zero-order valence-electron chi connectivity index (χ0n) is 9.84. The minimum Gasteiger partial charge on any atom is -0.330 e. The van der Waals surface area contributed by atoms with Crippen LogP contribution in [0, 0.1) is 11.7 Å². The van der Waals surface area contributed by atoms with Crippen LogP contribution in [0.25, 0.3) is 0 Å². The van der Waals surface area contributed by atoms with E-state index in [2.05, 4.69) is 13.8 Å². The third kappa shape index (κ3) is 2.74. The Morgan fingerprint density at radius 3 is 2.44 bits per heavy atom. The fourth-order valence-electron chi connectivity index (χ4n) is 2.24. The SMILES string of the molecule is CCC(CC)C(CN)c1cccc(Cl)c1F. The molecule has 1 unspecified atom stereocenters. The Hall–Kier alpha value is -0.600. The van der Waals surface area contributed by atoms with E-state index < -0.39 is 0 Å². The molecule has 0 fully saturated rings. The maximum absolute atomic E-state index is 13.9. The first-order chi connectivity index (χ1) is 7.65. The third-order valence-corrected chi connectivity index (χ3v) is 3.54. The number of benzene rings is 1. The maximum atomic E-state index is 13.9. The first kappa shape index (κ1) is 13.5. The van der Waals surface area contributed by atoms with Gasteiger partial charge in [-0.15, -0.1) is 0 Å². The highest BCUT2D eigenvalue weighted by molar-refractivity contribution is 6.30. The molecule has 0 saturated carbocycles. The second-order valence-electron chi connectivity index (χ2n) is 4.06. The van der Waals surface area contributed by atoms with Crippen molar-refractivity contribution in [2.24, 2.45) is 11.7 Å². The molecule has 0 aliphatic carbocycles. The van der Waals surface area contributed by atoms with E-state index >= 15 is 0 Å². The molecule has 0 amide bonds. The molecule has 1 aromatic carbocycles. The Morgan fingerprint density at radius 2 is 1.94 bits per heavy atom. The molecule has 0 spiro atoms. The molecule has 0 radical (unpaired) electrons. The van der Waals surface area contributed by atoms with Gasteiger partial charge in [0.05, 0.1) is 5.02 Å². The molecular weight excluding hydrogens is 225 g/mol. The number of hydrogen-bond acceptors (Lipinski definition) is 1. The standard InChI is InChI=1S/C13H19ClFN/c1-3-9(4-2)11(8-16)10-6-5-7-12(14)13(10)15/h5-7,9,11H,3-4,8,16H2,1-2H3. The second kappa shape index (κ2) is 6.21. The minimum atomic E-state index is -0.313. The molecule has 90 valence electrons. The molecule has 0 saturated heterocycles. The van der Waals surface area contributed by atoms with Crippen molar-refractivity contribution in [2.45, 2.75) is 32.6 Å². The topological polar surface area (TPSA) is 26.0 Å². The van der Waals surface area contributed by atoms with Crippen LogP contribution in [0.5, 0.6) is 0 Å². The predicted molar refractivity (Wildman–Crippen MR) is 67.3 cm³/mol. The molecule has 0 aliphatic rings. The van der Waals surface area contributed by atoms with Crippen LogP contribution in [0.2, 0.25) is 5.02 Å². The zero-order chi connectivity index (χ0) is 12.1. The van der Waals surface area contributed by atoms with E-state index in [1.165, 1.54) is 0 Å². The molecule has 1 rings (SSSR count). The first-order valence-electron chi connectivity index (χ1n) is 5.79. The van der Waals surface area contributed by atoms with Crippen LogP contribution >= 0.6 is 11.6 Å². The van der Waals surface area contributed by atoms with Crippen molar-refractivity contribution in [3.63, 3.8) is 0 Å². The average Bonchev–Trinajstić information content (AvgIpc) is 2.30. The molecule has 16 heavy (non-hydrogen) atoms. The summed E-state index contributed by atoms with van der Waals surface area (Å²) in [6, 6.07) is 5.14. The zero-order valence-corrected chi connectivity index (χ0v) is 10.6. The Bertz CT molecular complexity index is 337. The first-order valence-corrected chi connectivity index (χ1v) is 6.17. The van der Waals surface area contributed by atoms with Gasteiger partial charge in [0.1, 0.15) is 5.82 Å². The lowest BCUT2D eigenvalue weighted by molar-refractivity contribution is 0.391. The van der Waals surface area contributed by atoms with Crippen molar-refractivity contribution < 1.29 is 4.39 Å². The van der Waals surface area contributed by atoms with E-state index in [4.69, 9.17) is 17.3 Å². The van der Waals surface area contributed by atoms with E-state index in [-0.39, 0.29) is 16.8 Å². The van der Waals surface area contributed by atoms with Crippen LogP contribution in [0.15, 0.2) is 18.2 Å². The van der Waals surface area contributed by atoms with Gasteiger partial charge in [-0.3, -0.25) is 0 Å². The molecular formula is C13H19ClFN. The van der Waals surface area contributed by atoms with Gasteiger partial charge >= 0.3 is 0 Å². The summed E-state index contributed by atoms with van der Waals surface area (Å²) in [5.41, 5.74) is 6.42. The largest absolute Gasteiger partial charge is 0.330 e. The summed E-state index contributed by atoms with van der Waals surface area (Å²) in [5, 5.41) is 0.182. The van der Waals surface area contributed by atoms with Crippen LogP contribution in [0.3, 0.4) is 0 Å². The number of rotatable bonds is 5. The third-order valence-electron chi connectivity index (χ3n) is 3.25. The number of hydrogen-bond donors (Lipinski definition) is 1. The van der Waals surface area contributed by atoms with E-state index in [0.29, 0.717) is 18.0 Å².